The molecule has 0 fully saturated rings. The summed E-state index contributed by atoms with van der Waals surface area (Å²) >= 11 is 1.43. The summed E-state index contributed by atoms with van der Waals surface area (Å²) in [6, 6.07) is 25.5. The van der Waals surface area contributed by atoms with Crippen LogP contribution in [0.15, 0.2) is 84.2 Å². The number of carbonyl (C=O) groups is 1. The normalized spacial score (nSPS) is 10.5. The molecule has 4 rings (SSSR count). The molecule has 29 heavy (non-hydrogen) atoms. The van der Waals surface area contributed by atoms with Crippen LogP contribution in [-0.2, 0) is 6.61 Å². The maximum atomic E-state index is 12.6. The number of ether oxygens (including phenoxy) is 1. The number of carbonyl (C=O) groups excluding carboxylic acids is 1. The van der Waals surface area contributed by atoms with Crippen LogP contribution in [0.2, 0.25) is 0 Å². The van der Waals surface area contributed by atoms with Gasteiger partial charge in [0.05, 0.1) is 5.56 Å². The van der Waals surface area contributed by atoms with Gasteiger partial charge in [-0.1, -0.05) is 54.6 Å². The minimum absolute atomic E-state index is 0.221. The number of thiazole rings is 1. The first-order valence-corrected chi connectivity index (χ1v) is 10.2. The average Bonchev–Trinajstić information content (AvgIpc) is 3.24. The number of aromatic nitrogens is 1. The van der Waals surface area contributed by atoms with Crippen molar-refractivity contribution in [2.45, 2.75) is 13.5 Å². The van der Waals surface area contributed by atoms with Crippen LogP contribution in [0.1, 0.15) is 21.6 Å². The lowest BCUT2D eigenvalue weighted by Gasteiger charge is -2.10. The molecule has 0 radical (unpaired) electrons. The SMILES string of the molecule is Cc1cccc(NC(=O)c2csc(-c3ccccc3OCc3ccccc3)n2)c1. The minimum Gasteiger partial charge on any atom is -0.488 e. The number of rotatable bonds is 6. The quantitative estimate of drug-likeness (QED) is 0.435. The van der Waals surface area contributed by atoms with E-state index in [9.17, 15) is 4.79 Å². The summed E-state index contributed by atoms with van der Waals surface area (Å²) in [5.74, 6) is 0.525. The number of hydrogen-bond donors (Lipinski definition) is 1. The number of hydrogen-bond acceptors (Lipinski definition) is 4. The highest BCUT2D eigenvalue weighted by Gasteiger charge is 2.15. The molecule has 0 aliphatic carbocycles. The van der Waals surface area contributed by atoms with Crippen LogP contribution >= 0.6 is 11.3 Å². The van der Waals surface area contributed by atoms with E-state index in [1.807, 2.05) is 85.8 Å². The van der Waals surface area contributed by atoms with Crippen molar-refractivity contribution in [3.8, 4) is 16.3 Å². The lowest BCUT2D eigenvalue weighted by molar-refractivity contribution is 0.102. The molecule has 0 aliphatic heterocycles. The van der Waals surface area contributed by atoms with Gasteiger partial charge in [0, 0.05) is 11.1 Å². The predicted octanol–water partition coefficient (Wildman–Crippen LogP) is 5.95. The first kappa shape index (κ1) is 18.9. The van der Waals surface area contributed by atoms with Crippen molar-refractivity contribution in [2.24, 2.45) is 0 Å². The Kier molecular flexibility index (Phi) is 5.68. The maximum absolute atomic E-state index is 12.6. The van der Waals surface area contributed by atoms with Crippen LogP contribution in [0.4, 0.5) is 5.69 Å². The Balaban J connectivity index is 1.51. The third kappa shape index (κ3) is 4.70. The second kappa shape index (κ2) is 8.71. The van der Waals surface area contributed by atoms with Crippen LogP contribution in [0.5, 0.6) is 5.75 Å². The van der Waals surface area contributed by atoms with Gasteiger partial charge in [-0.25, -0.2) is 4.98 Å². The standard InChI is InChI=1S/C24H20N2O2S/c1-17-8-7-11-19(14-17)25-23(27)21-16-29-24(26-21)20-12-5-6-13-22(20)28-15-18-9-3-2-4-10-18/h2-14,16H,15H2,1H3,(H,25,27). The van der Waals surface area contributed by atoms with Crippen LogP contribution in [0.3, 0.4) is 0 Å². The Bertz CT molecular complexity index is 1120. The van der Waals surface area contributed by atoms with Gasteiger partial charge >= 0.3 is 0 Å². The van der Waals surface area contributed by atoms with Gasteiger partial charge in [0.1, 0.15) is 23.1 Å². The van der Waals surface area contributed by atoms with Crippen molar-refractivity contribution < 1.29 is 9.53 Å². The second-order valence-corrected chi connectivity index (χ2v) is 7.49. The van der Waals surface area contributed by atoms with E-state index in [0.29, 0.717) is 12.3 Å². The molecule has 1 heterocycles. The van der Waals surface area contributed by atoms with E-state index in [0.717, 1.165) is 33.1 Å². The Morgan fingerprint density at radius 1 is 1.00 bits per heavy atom. The Morgan fingerprint density at radius 3 is 2.62 bits per heavy atom. The average molecular weight is 401 g/mol. The number of benzene rings is 3. The third-order valence-corrected chi connectivity index (χ3v) is 5.24. The van der Waals surface area contributed by atoms with Crippen molar-refractivity contribution >= 4 is 22.9 Å². The summed E-state index contributed by atoms with van der Waals surface area (Å²) in [7, 11) is 0. The molecule has 0 bridgehead atoms. The second-order valence-electron chi connectivity index (χ2n) is 6.63. The summed E-state index contributed by atoms with van der Waals surface area (Å²) < 4.78 is 6.02. The van der Waals surface area contributed by atoms with Crippen LogP contribution in [-0.4, -0.2) is 10.9 Å². The molecule has 1 aromatic heterocycles. The molecular formula is C24H20N2O2S. The van der Waals surface area contributed by atoms with Gasteiger partial charge in [0.25, 0.3) is 5.91 Å². The number of nitrogens with one attached hydrogen (secondary N) is 1. The fourth-order valence-electron chi connectivity index (χ4n) is 2.92. The maximum Gasteiger partial charge on any atom is 0.275 e. The highest BCUT2D eigenvalue weighted by molar-refractivity contribution is 7.13. The molecule has 0 spiro atoms. The van der Waals surface area contributed by atoms with Gasteiger partial charge in [-0.2, -0.15) is 0 Å². The number of nitrogens with zero attached hydrogens (tertiary/aromatic N) is 1. The van der Waals surface area contributed by atoms with Gasteiger partial charge < -0.3 is 10.1 Å². The first-order valence-electron chi connectivity index (χ1n) is 9.29. The smallest absolute Gasteiger partial charge is 0.275 e. The number of para-hydroxylation sites is 1. The number of anilines is 1. The van der Waals surface area contributed by atoms with E-state index in [1.165, 1.54) is 11.3 Å². The first-order chi connectivity index (χ1) is 14.2. The summed E-state index contributed by atoms with van der Waals surface area (Å²) in [6.07, 6.45) is 0. The van der Waals surface area contributed by atoms with Crippen molar-refractivity contribution in [3.05, 3.63) is 101 Å². The van der Waals surface area contributed by atoms with Crippen molar-refractivity contribution in [2.75, 3.05) is 5.32 Å². The molecule has 0 unspecified atom stereocenters. The minimum atomic E-state index is -0.221. The molecule has 0 saturated carbocycles. The zero-order valence-corrected chi connectivity index (χ0v) is 16.8. The monoisotopic (exact) mass is 400 g/mol. The number of amides is 1. The highest BCUT2D eigenvalue weighted by atomic mass is 32.1. The lowest BCUT2D eigenvalue weighted by Crippen LogP contribution is -2.12. The van der Waals surface area contributed by atoms with Gasteiger partial charge in [0.2, 0.25) is 0 Å². The molecule has 0 aliphatic rings. The summed E-state index contributed by atoms with van der Waals surface area (Å²) in [5, 5.41) is 5.42. The summed E-state index contributed by atoms with van der Waals surface area (Å²) in [6.45, 7) is 2.47. The molecule has 144 valence electrons. The van der Waals surface area contributed by atoms with E-state index in [2.05, 4.69) is 10.3 Å². The van der Waals surface area contributed by atoms with Crippen molar-refractivity contribution in [3.63, 3.8) is 0 Å². The largest absolute Gasteiger partial charge is 0.488 e. The molecular weight excluding hydrogens is 380 g/mol. The topological polar surface area (TPSA) is 51.2 Å². The molecule has 0 saturated heterocycles. The lowest BCUT2D eigenvalue weighted by atomic mass is 10.2. The summed E-state index contributed by atoms with van der Waals surface area (Å²) in [5.41, 5.74) is 4.22. The number of aryl methyl sites for hydroxylation is 1. The zero-order valence-electron chi connectivity index (χ0n) is 16.0. The van der Waals surface area contributed by atoms with Gasteiger partial charge in [-0.05, 0) is 42.3 Å². The summed E-state index contributed by atoms with van der Waals surface area (Å²) in [4.78, 5) is 17.1. The molecule has 3 aromatic carbocycles. The molecule has 4 aromatic rings. The third-order valence-electron chi connectivity index (χ3n) is 4.37. The van der Waals surface area contributed by atoms with Crippen molar-refractivity contribution in [1.82, 2.24) is 4.98 Å². The molecule has 5 heteroatoms. The Labute approximate surface area is 173 Å². The molecule has 1 amide bonds. The fourth-order valence-corrected chi connectivity index (χ4v) is 3.75. The Hall–Kier alpha value is -3.44. The zero-order chi connectivity index (χ0) is 20.1. The fraction of sp³-hybridized carbons (Fsp3) is 0.0833. The van der Waals surface area contributed by atoms with Crippen LogP contribution in [0.25, 0.3) is 10.6 Å². The van der Waals surface area contributed by atoms with E-state index in [1.54, 1.807) is 5.38 Å². The highest BCUT2D eigenvalue weighted by Crippen LogP contribution is 2.32. The van der Waals surface area contributed by atoms with Crippen LogP contribution in [0, 0.1) is 6.92 Å². The predicted molar refractivity (Wildman–Crippen MR) is 117 cm³/mol. The van der Waals surface area contributed by atoms with Gasteiger partial charge in [-0.15, -0.1) is 11.3 Å². The van der Waals surface area contributed by atoms with Crippen LogP contribution < -0.4 is 10.1 Å². The van der Waals surface area contributed by atoms with Gasteiger partial charge in [-0.3, -0.25) is 4.79 Å². The van der Waals surface area contributed by atoms with E-state index in [-0.39, 0.29) is 5.91 Å². The van der Waals surface area contributed by atoms with Gasteiger partial charge in [0.15, 0.2) is 0 Å². The van der Waals surface area contributed by atoms with E-state index < -0.39 is 0 Å². The molecule has 1 N–H and O–H groups in total. The van der Waals surface area contributed by atoms with Crippen molar-refractivity contribution in [1.29, 1.82) is 0 Å². The van der Waals surface area contributed by atoms with E-state index >= 15 is 0 Å². The van der Waals surface area contributed by atoms with E-state index in [4.69, 9.17) is 4.74 Å². The molecule has 4 nitrogen and oxygen atoms in total. The Morgan fingerprint density at radius 2 is 1.79 bits per heavy atom. The molecule has 0 atom stereocenters.